The third-order valence-corrected chi connectivity index (χ3v) is 2.81. The third kappa shape index (κ3) is 2.60. The van der Waals surface area contributed by atoms with Crippen LogP contribution < -0.4 is 10.6 Å². The van der Waals surface area contributed by atoms with E-state index in [2.05, 4.69) is 4.98 Å². The zero-order valence-electron chi connectivity index (χ0n) is 9.80. The molecule has 1 aromatic carbocycles. The molecule has 0 atom stereocenters. The highest BCUT2D eigenvalue weighted by Gasteiger charge is 2.13. The van der Waals surface area contributed by atoms with Gasteiger partial charge in [-0.25, -0.2) is 4.98 Å². The molecule has 0 aliphatic rings. The number of benzene rings is 1. The Bertz CT molecular complexity index is 551. The van der Waals surface area contributed by atoms with E-state index in [1.165, 1.54) is 4.90 Å². The number of hydrogen-bond acceptors (Lipinski definition) is 3. The summed E-state index contributed by atoms with van der Waals surface area (Å²) in [5, 5.41) is 0.600. The summed E-state index contributed by atoms with van der Waals surface area (Å²) in [6.07, 6.45) is 1.56. The Morgan fingerprint density at radius 1 is 1.22 bits per heavy atom. The first-order valence-corrected chi connectivity index (χ1v) is 5.71. The highest BCUT2D eigenvalue weighted by Crippen LogP contribution is 2.16. The number of amides is 1. The van der Waals surface area contributed by atoms with Gasteiger partial charge in [-0.2, -0.15) is 0 Å². The molecule has 0 radical (unpaired) electrons. The van der Waals surface area contributed by atoms with Crippen LogP contribution in [0.15, 0.2) is 42.6 Å². The molecule has 0 saturated heterocycles. The van der Waals surface area contributed by atoms with Gasteiger partial charge >= 0.3 is 0 Å². The topological polar surface area (TPSA) is 59.2 Å². The molecule has 2 aromatic rings. The first kappa shape index (κ1) is 12.4. The van der Waals surface area contributed by atoms with E-state index in [0.717, 1.165) is 0 Å². The van der Waals surface area contributed by atoms with Crippen LogP contribution in [-0.4, -0.2) is 17.9 Å². The van der Waals surface area contributed by atoms with Crippen LogP contribution in [0.1, 0.15) is 10.4 Å². The number of halogens is 1. The normalized spacial score (nSPS) is 10.1. The number of anilines is 2. The Hall–Kier alpha value is -2.07. The van der Waals surface area contributed by atoms with Crippen molar-refractivity contribution in [3.05, 3.63) is 53.2 Å². The van der Waals surface area contributed by atoms with Gasteiger partial charge in [0.15, 0.2) is 0 Å². The van der Waals surface area contributed by atoms with Crippen LogP contribution in [0.25, 0.3) is 0 Å². The Balaban J connectivity index is 2.23. The lowest BCUT2D eigenvalue weighted by Gasteiger charge is -2.17. The van der Waals surface area contributed by atoms with E-state index in [1.807, 2.05) is 0 Å². The highest BCUT2D eigenvalue weighted by molar-refractivity contribution is 6.30. The van der Waals surface area contributed by atoms with Crippen LogP contribution in [0.2, 0.25) is 5.02 Å². The fraction of sp³-hybridized carbons (Fsp3) is 0.0769. The van der Waals surface area contributed by atoms with Gasteiger partial charge in [0, 0.05) is 17.6 Å². The number of rotatable bonds is 2. The minimum Gasteiger partial charge on any atom is -0.384 e. The number of hydrogen-bond donors (Lipinski definition) is 1. The van der Waals surface area contributed by atoms with Gasteiger partial charge in [-0.05, 0) is 36.4 Å². The molecule has 0 saturated carbocycles. The van der Waals surface area contributed by atoms with E-state index < -0.39 is 0 Å². The summed E-state index contributed by atoms with van der Waals surface area (Å²) in [5.74, 6) is 0.296. The number of carbonyl (C=O) groups excluding carboxylic acids is 1. The standard InChI is InChI=1S/C13H12ClN3O/c1-17(11-6-7-12(15)16-8-11)13(18)9-2-4-10(14)5-3-9/h2-8H,1H3,(H2,15,16). The van der Waals surface area contributed by atoms with Gasteiger partial charge in [-0.1, -0.05) is 11.6 Å². The molecule has 0 unspecified atom stereocenters. The van der Waals surface area contributed by atoms with Gasteiger partial charge in [0.1, 0.15) is 5.82 Å². The average molecular weight is 262 g/mol. The van der Waals surface area contributed by atoms with Gasteiger partial charge in [-0.3, -0.25) is 4.79 Å². The molecule has 2 N–H and O–H groups in total. The van der Waals surface area contributed by atoms with Crippen LogP contribution >= 0.6 is 11.6 Å². The molecule has 0 spiro atoms. The lowest BCUT2D eigenvalue weighted by atomic mass is 10.2. The molecular formula is C13H12ClN3O. The van der Waals surface area contributed by atoms with Crippen molar-refractivity contribution in [1.82, 2.24) is 4.98 Å². The minimum atomic E-state index is -0.127. The number of nitrogens with two attached hydrogens (primary N) is 1. The van der Waals surface area contributed by atoms with Crippen molar-refractivity contribution < 1.29 is 4.79 Å². The van der Waals surface area contributed by atoms with Crippen LogP contribution in [-0.2, 0) is 0 Å². The van der Waals surface area contributed by atoms with Crippen molar-refractivity contribution in [1.29, 1.82) is 0 Å². The summed E-state index contributed by atoms with van der Waals surface area (Å²) in [6, 6.07) is 10.1. The van der Waals surface area contributed by atoms with Gasteiger partial charge < -0.3 is 10.6 Å². The van der Waals surface area contributed by atoms with E-state index in [-0.39, 0.29) is 5.91 Å². The van der Waals surface area contributed by atoms with Crippen molar-refractivity contribution >= 4 is 29.0 Å². The zero-order chi connectivity index (χ0) is 13.1. The van der Waals surface area contributed by atoms with Crippen LogP contribution in [0, 0.1) is 0 Å². The summed E-state index contributed by atoms with van der Waals surface area (Å²) in [7, 11) is 1.68. The molecular weight excluding hydrogens is 250 g/mol. The lowest BCUT2D eigenvalue weighted by molar-refractivity contribution is 0.0993. The molecule has 5 heteroatoms. The van der Waals surface area contributed by atoms with Crippen molar-refractivity contribution in [2.75, 3.05) is 17.7 Å². The zero-order valence-corrected chi connectivity index (χ0v) is 10.6. The number of pyridine rings is 1. The minimum absolute atomic E-state index is 0.127. The molecule has 18 heavy (non-hydrogen) atoms. The number of nitrogen functional groups attached to an aromatic ring is 1. The monoisotopic (exact) mass is 261 g/mol. The fourth-order valence-electron chi connectivity index (χ4n) is 1.50. The quantitative estimate of drug-likeness (QED) is 0.904. The maximum atomic E-state index is 12.2. The average Bonchev–Trinajstić information content (AvgIpc) is 2.39. The third-order valence-electron chi connectivity index (χ3n) is 2.55. The molecule has 1 heterocycles. The Morgan fingerprint density at radius 2 is 1.89 bits per heavy atom. The van der Waals surface area contributed by atoms with E-state index in [1.54, 1.807) is 49.6 Å². The summed E-state index contributed by atoms with van der Waals surface area (Å²) < 4.78 is 0. The number of carbonyl (C=O) groups is 1. The smallest absolute Gasteiger partial charge is 0.258 e. The summed E-state index contributed by atoms with van der Waals surface area (Å²) in [4.78, 5) is 17.6. The summed E-state index contributed by atoms with van der Waals surface area (Å²) >= 11 is 5.78. The number of aromatic nitrogens is 1. The van der Waals surface area contributed by atoms with Crippen LogP contribution in [0.5, 0.6) is 0 Å². The Kier molecular flexibility index (Phi) is 3.48. The van der Waals surface area contributed by atoms with Gasteiger partial charge in [-0.15, -0.1) is 0 Å². The van der Waals surface area contributed by atoms with Crippen molar-refractivity contribution in [2.45, 2.75) is 0 Å². The molecule has 92 valence electrons. The van der Waals surface area contributed by atoms with Crippen molar-refractivity contribution in [3.8, 4) is 0 Å². The fourth-order valence-corrected chi connectivity index (χ4v) is 1.63. The molecule has 2 rings (SSSR count). The second-order valence-electron chi connectivity index (χ2n) is 3.81. The Labute approximate surface area is 110 Å². The summed E-state index contributed by atoms with van der Waals surface area (Å²) in [6.45, 7) is 0. The van der Waals surface area contributed by atoms with Gasteiger partial charge in [0.05, 0.1) is 11.9 Å². The molecule has 1 amide bonds. The molecule has 0 aliphatic heterocycles. The first-order chi connectivity index (χ1) is 8.58. The molecule has 4 nitrogen and oxygen atoms in total. The van der Waals surface area contributed by atoms with E-state index in [0.29, 0.717) is 22.1 Å². The van der Waals surface area contributed by atoms with Gasteiger partial charge in [0.25, 0.3) is 5.91 Å². The predicted octanol–water partition coefficient (Wildman–Crippen LogP) is 2.59. The second kappa shape index (κ2) is 5.06. The SMILES string of the molecule is CN(C(=O)c1ccc(Cl)cc1)c1ccc(N)nc1. The molecule has 0 aliphatic carbocycles. The maximum absolute atomic E-state index is 12.2. The van der Waals surface area contributed by atoms with Crippen molar-refractivity contribution in [2.24, 2.45) is 0 Å². The molecule has 1 aromatic heterocycles. The largest absolute Gasteiger partial charge is 0.384 e. The molecule has 0 fully saturated rings. The Morgan fingerprint density at radius 3 is 2.44 bits per heavy atom. The predicted molar refractivity (Wildman–Crippen MR) is 72.8 cm³/mol. The van der Waals surface area contributed by atoms with E-state index in [9.17, 15) is 4.79 Å². The molecule has 0 bridgehead atoms. The second-order valence-corrected chi connectivity index (χ2v) is 4.25. The maximum Gasteiger partial charge on any atom is 0.258 e. The highest BCUT2D eigenvalue weighted by atomic mass is 35.5. The van der Waals surface area contributed by atoms with E-state index in [4.69, 9.17) is 17.3 Å². The van der Waals surface area contributed by atoms with Gasteiger partial charge in [0.2, 0.25) is 0 Å². The first-order valence-electron chi connectivity index (χ1n) is 5.33. The lowest BCUT2D eigenvalue weighted by Crippen LogP contribution is -2.26. The summed E-state index contributed by atoms with van der Waals surface area (Å²) in [5.41, 5.74) is 6.75. The van der Waals surface area contributed by atoms with E-state index >= 15 is 0 Å². The van der Waals surface area contributed by atoms with Crippen LogP contribution in [0.3, 0.4) is 0 Å². The van der Waals surface area contributed by atoms with Crippen molar-refractivity contribution in [3.63, 3.8) is 0 Å². The van der Waals surface area contributed by atoms with Crippen LogP contribution in [0.4, 0.5) is 11.5 Å². The number of nitrogens with zero attached hydrogens (tertiary/aromatic N) is 2.